The number of carboxylic acids is 2. The summed E-state index contributed by atoms with van der Waals surface area (Å²) in [6.07, 6.45) is 4.76. The summed E-state index contributed by atoms with van der Waals surface area (Å²) in [5, 5.41) is 18.5. The second-order valence-electron chi connectivity index (χ2n) is 7.16. The number of nitrogens with one attached hydrogen (secondary N) is 1. The van der Waals surface area contributed by atoms with Crippen LogP contribution in [0.5, 0.6) is 0 Å². The van der Waals surface area contributed by atoms with E-state index in [0.29, 0.717) is 24.3 Å². The maximum Gasteiger partial charge on any atom is 0.328 e. The highest BCUT2D eigenvalue weighted by atomic mass is 32.2. The molecule has 0 saturated heterocycles. The summed E-state index contributed by atoms with van der Waals surface area (Å²) in [6, 6.07) is 9.54. The molecule has 14 heteroatoms. The second kappa shape index (κ2) is 11.7. The zero-order chi connectivity index (χ0) is 27.1. The van der Waals surface area contributed by atoms with Gasteiger partial charge in [0.05, 0.1) is 21.0 Å². The van der Waals surface area contributed by atoms with Gasteiger partial charge in [0.2, 0.25) is 5.95 Å². The highest BCUT2D eigenvalue weighted by molar-refractivity contribution is 7.91. The third-order valence-electron chi connectivity index (χ3n) is 4.42. The molecule has 2 heterocycles. The summed E-state index contributed by atoms with van der Waals surface area (Å²) in [7, 11) is -6.08. The fourth-order valence-corrected chi connectivity index (χ4v) is 5.07. The van der Waals surface area contributed by atoms with E-state index in [1.807, 2.05) is 0 Å². The maximum atomic E-state index is 14.2. The lowest BCUT2D eigenvalue weighted by Crippen LogP contribution is -2.14. The smallest absolute Gasteiger partial charge is 0.328 e. The van der Waals surface area contributed by atoms with Crippen LogP contribution in [-0.4, -0.2) is 61.2 Å². The molecule has 2 aromatic heterocycles. The standard InChI is InChI=1S/C18H18FN3O4S2.C4H4O4/c1-20-11-13-9-17(16-7-4-8-21-18(16)19)22(12-13)28(25,26)15-6-3-5-14(10-15)27(2,23)24;5-3(6)1-2-4(7)8/h3-10,12,20H,11H2,1-2H3;1-2H,(H,5,6)(H,7,8)/b;2-1+. The third-order valence-corrected chi connectivity index (χ3v) is 7.20. The molecule has 3 aromatic rings. The molecule has 0 saturated carbocycles. The summed E-state index contributed by atoms with van der Waals surface area (Å²) in [5.74, 6) is -3.32. The molecule has 3 rings (SSSR count). The predicted molar refractivity (Wildman–Crippen MR) is 127 cm³/mol. The Hall–Kier alpha value is -3.88. The largest absolute Gasteiger partial charge is 0.478 e. The Balaban J connectivity index is 0.000000493. The van der Waals surface area contributed by atoms with E-state index in [4.69, 9.17) is 10.2 Å². The number of nitrogens with zero attached hydrogens (tertiary/aromatic N) is 2. The van der Waals surface area contributed by atoms with Crippen LogP contribution >= 0.6 is 0 Å². The van der Waals surface area contributed by atoms with Crippen LogP contribution in [0.3, 0.4) is 0 Å². The number of rotatable bonds is 8. The van der Waals surface area contributed by atoms with E-state index < -0.39 is 37.7 Å². The van der Waals surface area contributed by atoms with Gasteiger partial charge in [-0.3, -0.25) is 0 Å². The van der Waals surface area contributed by atoms with E-state index >= 15 is 0 Å². The van der Waals surface area contributed by atoms with Crippen LogP contribution in [-0.2, 0) is 36.0 Å². The monoisotopic (exact) mass is 539 g/mol. The number of halogens is 1. The molecule has 0 bridgehead atoms. The summed E-state index contributed by atoms with van der Waals surface area (Å²) >= 11 is 0. The molecule has 36 heavy (non-hydrogen) atoms. The van der Waals surface area contributed by atoms with Gasteiger partial charge in [-0.2, -0.15) is 4.39 Å². The fourth-order valence-electron chi connectivity index (χ4n) is 2.89. The van der Waals surface area contributed by atoms with E-state index in [-0.39, 0.29) is 21.0 Å². The number of carbonyl (C=O) groups is 2. The minimum absolute atomic E-state index is 0.0210. The number of carboxylic acid groups (broad SMARTS) is 2. The molecule has 0 amide bonds. The molecule has 0 atom stereocenters. The Morgan fingerprint density at radius 1 is 1.03 bits per heavy atom. The molecule has 1 aromatic carbocycles. The quantitative estimate of drug-likeness (QED) is 0.283. The Morgan fingerprint density at radius 2 is 1.64 bits per heavy atom. The number of sulfone groups is 1. The number of hydrogen-bond acceptors (Lipinski definition) is 8. The van der Waals surface area contributed by atoms with Crippen molar-refractivity contribution < 1.29 is 41.0 Å². The van der Waals surface area contributed by atoms with E-state index in [0.717, 1.165) is 16.3 Å². The first-order valence-corrected chi connectivity index (χ1v) is 13.3. The SMILES string of the molecule is CNCc1cc(-c2cccnc2F)n(S(=O)(=O)c2cccc(S(C)(=O)=O)c2)c1.O=C(O)/C=C/C(=O)O. The van der Waals surface area contributed by atoms with Crippen molar-refractivity contribution in [1.82, 2.24) is 14.3 Å². The first-order valence-electron chi connectivity index (χ1n) is 9.93. The minimum Gasteiger partial charge on any atom is -0.478 e. The summed E-state index contributed by atoms with van der Waals surface area (Å²) < 4.78 is 65.3. The van der Waals surface area contributed by atoms with E-state index in [1.165, 1.54) is 42.7 Å². The molecule has 3 N–H and O–H groups in total. The van der Waals surface area contributed by atoms with Crippen LogP contribution in [0.4, 0.5) is 4.39 Å². The number of aliphatic carboxylic acids is 2. The van der Waals surface area contributed by atoms with E-state index in [2.05, 4.69) is 10.3 Å². The van der Waals surface area contributed by atoms with Crippen molar-refractivity contribution in [2.45, 2.75) is 16.3 Å². The van der Waals surface area contributed by atoms with Gasteiger partial charge in [0.15, 0.2) is 9.84 Å². The molecule has 0 unspecified atom stereocenters. The molecular weight excluding hydrogens is 517 g/mol. The lowest BCUT2D eigenvalue weighted by molar-refractivity contribution is -0.134. The Bertz CT molecular complexity index is 1500. The van der Waals surface area contributed by atoms with Crippen LogP contribution in [0, 0.1) is 5.95 Å². The summed E-state index contributed by atoms with van der Waals surface area (Å²) in [5.41, 5.74) is 0.733. The summed E-state index contributed by atoms with van der Waals surface area (Å²) in [6.45, 7) is 0.362. The van der Waals surface area contributed by atoms with Gasteiger partial charge in [-0.1, -0.05) is 6.07 Å². The number of benzene rings is 1. The van der Waals surface area contributed by atoms with Crippen molar-refractivity contribution in [3.05, 3.63) is 78.5 Å². The van der Waals surface area contributed by atoms with E-state index in [9.17, 15) is 30.8 Å². The van der Waals surface area contributed by atoms with Gasteiger partial charge in [-0.25, -0.2) is 35.4 Å². The van der Waals surface area contributed by atoms with Crippen molar-refractivity contribution in [1.29, 1.82) is 0 Å². The van der Waals surface area contributed by atoms with Gasteiger partial charge in [0, 0.05) is 37.3 Å². The van der Waals surface area contributed by atoms with Crippen LogP contribution in [0.2, 0.25) is 0 Å². The van der Waals surface area contributed by atoms with Gasteiger partial charge in [-0.05, 0) is 49.0 Å². The lowest BCUT2D eigenvalue weighted by atomic mass is 10.2. The number of aromatic nitrogens is 2. The normalized spacial score (nSPS) is 11.6. The van der Waals surface area contributed by atoms with Crippen LogP contribution in [0.15, 0.2) is 76.8 Å². The molecule has 0 fully saturated rings. The van der Waals surface area contributed by atoms with Crippen molar-refractivity contribution in [3.63, 3.8) is 0 Å². The van der Waals surface area contributed by atoms with Gasteiger partial charge >= 0.3 is 11.9 Å². The lowest BCUT2D eigenvalue weighted by Gasteiger charge is -2.11. The average Bonchev–Trinajstić information content (AvgIpc) is 3.23. The molecule has 0 radical (unpaired) electrons. The van der Waals surface area contributed by atoms with Gasteiger partial charge in [-0.15, -0.1) is 0 Å². The Morgan fingerprint density at radius 3 is 2.17 bits per heavy atom. The third kappa shape index (κ3) is 7.31. The van der Waals surface area contributed by atoms with Gasteiger partial charge in [0.1, 0.15) is 0 Å². The van der Waals surface area contributed by atoms with Crippen molar-refractivity contribution >= 4 is 31.8 Å². The molecule has 192 valence electrons. The first kappa shape index (κ1) is 28.4. The maximum absolute atomic E-state index is 14.2. The highest BCUT2D eigenvalue weighted by Gasteiger charge is 2.24. The topological polar surface area (TPSA) is 173 Å². The predicted octanol–water partition coefficient (Wildman–Crippen LogP) is 1.76. The zero-order valence-corrected chi connectivity index (χ0v) is 20.6. The Labute approximate surface area is 206 Å². The Kier molecular flexibility index (Phi) is 9.22. The average molecular weight is 540 g/mol. The second-order valence-corrected chi connectivity index (χ2v) is 11.0. The molecule has 11 nitrogen and oxygen atoms in total. The fraction of sp³-hybridized carbons (Fsp3) is 0.136. The van der Waals surface area contributed by atoms with Gasteiger partial charge < -0.3 is 15.5 Å². The minimum atomic E-state index is -4.18. The molecule has 0 aliphatic rings. The van der Waals surface area contributed by atoms with Gasteiger partial charge in [0.25, 0.3) is 10.0 Å². The highest BCUT2D eigenvalue weighted by Crippen LogP contribution is 2.29. The number of hydrogen-bond donors (Lipinski definition) is 3. The van der Waals surface area contributed by atoms with E-state index in [1.54, 1.807) is 13.1 Å². The number of pyridine rings is 1. The first-order chi connectivity index (χ1) is 16.8. The molecular formula is C22H22FN3O8S2. The van der Waals surface area contributed by atoms with Crippen LogP contribution in [0.25, 0.3) is 11.3 Å². The molecule has 0 aliphatic carbocycles. The van der Waals surface area contributed by atoms with Crippen LogP contribution < -0.4 is 5.32 Å². The van der Waals surface area contributed by atoms with Crippen LogP contribution in [0.1, 0.15) is 5.56 Å². The molecule has 0 spiro atoms. The molecule has 0 aliphatic heterocycles. The summed E-state index contributed by atoms with van der Waals surface area (Å²) in [4.78, 5) is 22.4. The zero-order valence-electron chi connectivity index (χ0n) is 19.0. The van der Waals surface area contributed by atoms with Crippen molar-refractivity contribution in [2.75, 3.05) is 13.3 Å². The van der Waals surface area contributed by atoms with Crippen molar-refractivity contribution in [3.8, 4) is 11.3 Å². The van der Waals surface area contributed by atoms with Crippen molar-refractivity contribution in [2.24, 2.45) is 0 Å².